The summed E-state index contributed by atoms with van der Waals surface area (Å²) in [6.45, 7) is 8.26. The van der Waals surface area contributed by atoms with Crippen LogP contribution in [0.1, 0.15) is 37.9 Å². The van der Waals surface area contributed by atoms with Crippen molar-refractivity contribution in [2.75, 3.05) is 5.32 Å². The predicted molar refractivity (Wildman–Crippen MR) is 98.5 cm³/mol. The third-order valence-electron chi connectivity index (χ3n) is 3.87. The van der Waals surface area contributed by atoms with Gasteiger partial charge in [-0.25, -0.2) is 9.97 Å². The lowest BCUT2D eigenvalue weighted by molar-refractivity contribution is 0.242. The first-order valence-corrected chi connectivity index (χ1v) is 8.27. The summed E-state index contributed by atoms with van der Waals surface area (Å²) in [6.07, 6.45) is 1.77. The Kier molecular flexibility index (Phi) is 4.65. The van der Waals surface area contributed by atoms with Crippen molar-refractivity contribution in [3.8, 4) is 5.75 Å². The molecular formula is C20H23N3O. The van der Waals surface area contributed by atoms with Gasteiger partial charge in [-0.2, -0.15) is 0 Å². The van der Waals surface area contributed by atoms with Gasteiger partial charge in [-0.3, -0.25) is 0 Å². The number of hydrogen-bond acceptors (Lipinski definition) is 4. The fourth-order valence-corrected chi connectivity index (χ4v) is 2.70. The average molecular weight is 321 g/mol. The van der Waals surface area contributed by atoms with Crippen LogP contribution in [0.2, 0.25) is 0 Å². The van der Waals surface area contributed by atoms with Gasteiger partial charge in [0.25, 0.3) is 0 Å². The molecule has 3 rings (SSSR count). The number of ether oxygens (including phenoxy) is 1. The Bertz CT molecular complexity index is 845. The first-order valence-electron chi connectivity index (χ1n) is 8.27. The molecule has 0 aliphatic heterocycles. The van der Waals surface area contributed by atoms with Crippen LogP contribution in [0.15, 0.2) is 48.8 Å². The van der Waals surface area contributed by atoms with Crippen LogP contribution in [-0.4, -0.2) is 16.1 Å². The number of nitrogens with zero attached hydrogens (tertiary/aromatic N) is 2. The molecule has 0 saturated carbocycles. The van der Waals surface area contributed by atoms with Gasteiger partial charge in [0, 0.05) is 5.39 Å². The molecule has 0 saturated heterocycles. The number of fused-ring (bicyclic) bond motifs is 1. The molecule has 1 atom stereocenters. The van der Waals surface area contributed by atoms with Gasteiger partial charge in [-0.15, -0.1) is 0 Å². The largest absolute Gasteiger partial charge is 0.491 e. The van der Waals surface area contributed by atoms with Gasteiger partial charge in [0.1, 0.15) is 17.9 Å². The monoisotopic (exact) mass is 321 g/mol. The molecule has 0 aliphatic carbocycles. The van der Waals surface area contributed by atoms with Crippen molar-refractivity contribution in [3.63, 3.8) is 0 Å². The van der Waals surface area contributed by atoms with Crippen LogP contribution in [0.4, 0.5) is 5.82 Å². The molecule has 0 aliphatic rings. The second kappa shape index (κ2) is 6.87. The smallest absolute Gasteiger partial charge is 0.137 e. The van der Waals surface area contributed by atoms with E-state index < -0.39 is 0 Å². The first-order chi connectivity index (χ1) is 11.5. The second-order valence-electron chi connectivity index (χ2n) is 6.35. The molecule has 1 N–H and O–H groups in total. The van der Waals surface area contributed by atoms with Crippen molar-refractivity contribution >= 4 is 16.7 Å². The predicted octanol–water partition coefficient (Wildman–Crippen LogP) is 4.90. The Morgan fingerprint density at radius 2 is 1.83 bits per heavy atom. The SMILES string of the molecule is Cc1ccc2ncnc(NC(C)c3cccc(OC(C)C)c3)c2c1. The van der Waals surface area contributed by atoms with E-state index in [1.54, 1.807) is 6.33 Å². The molecule has 0 radical (unpaired) electrons. The van der Waals surface area contributed by atoms with Crippen LogP contribution in [0.25, 0.3) is 10.9 Å². The topological polar surface area (TPSA) is 47.0 Å². The molecule has 0 spiro atoms. The lowest BCUT2D eigenvalue weighted by Crippen LogP contribution is -2.10. The van der Waals surface area contributed by atoms with Gasteiger partial charge in [-0.1, -0.05) is 23.8 Å². The lowest BCUT2D eigenvalue weighted by Gasteiger charge is -2.18. The third-order valence-corrected chi connectivity index (χ3v) is 3.87. The van der Waals surface area contributed by atoms with E-state index in [0.717, 1.165) is 28.0 Å². The highest BCUT2D eigenvalue weighted by Crippen LogP contribution is 2.26. The molecule has 1 unspecified atom stereocenters. The fraction of sp³-hybridized carbons (Fsp3) is 0.300. The molecule has 1 aromatic heterocycles. The summed E-state index contributed by atoms with van der Waals surface area (Å²) in [5.74, 6) is 1.74. The second-order valence-corrected chi connectivity index (χ2v) is 6.35. The molecule has 4 heteroatoms. The van der Waals surface area contributed by atoms with E-state index in [1.165, 1.54) is 5.56 Å². The molecule has 1 heterocycles. The minimum absolute atomic E-state index is 0.110. The van der Waals surface area contributed by atoms with Gasteiger partial charge in [0.15, 0.2) is 0 Å². The Labute approximate surface area is 142 Å². The van der Waals surface area contributed by atoms with Crippen LogP contribution in [0.5, 0.6) is 5.75 Å². The summed E-state index contributed by atoms with van der Waals surface area (Å²) in [5, 5.41) is 4.54. The number of aryl methyl sites for hydroxylation is 1. The molecule has 3 aromatic rings. The van der Waals surface area contributed by atoms with Crippen LogP contribution >= 0.6 is 0 Å². The lowest BCUT2D eigenvalue weighted by atomic mass is 10.1. The van der Waals surface area contributed by atoms with Crippen LogP contribution in [-0.2, 0) is 0 Å². The summed E-state index contributed by atoms with van der Waals surface area (Å²) in [5.41, 5.74) is 3.30. The molecule has 0 bridgehead atoms. The summed E-state index contributed by atoms with van der Waals surface area (Å²) in [7, 11) is 0. The molecule has 24 heavy (non-hydrogen) atoms. The zero-order valence-corrected chi connectivity index (χ0v) is 14.6. The van der Waals surface area contributed by atoms with E-state index in [0.29, 0.717) is 0 Å². The highest BCUT2D eigenvalue weighted by atomic mass is 16.5. The number of rotatable bonds is 5. The maximum absolute atomic E-state index is 5.79. The standard InChI is InChI=1S/C20H23N3O/c1-13(2)24-17-7-5-6-16(11-17)15(4)23-20-18-10-14(3)8-9-19(18)21-12-22-20/h5-13,15H,1-4H3,(H,21,22,23). The molecule has 0 fully saturated rings. The zero-order valence-electron chi connectivity index (χ0n) is 14.6. The van der Waals surface area contributed by atoms with Crippen molar-refractivity contribution in [1.29, 1.82) is 0 Å². The number of aromatic nitrogens is 2. The van der Waals surface area contributed by atoms with Crippen molar-refractivity contribution in [2.45, 2.75) is 39.8 Å². The normalized spacial score (nSPS) is 12.4. The van der Waals surface area contributed by atoms with Gasteiger partial charge in [0.2, 0.25) is 0 Å². The van der Waals surface area contributed by atoms with E-state index >= 15 is 0 Å². The molecule has 124 valence electrons. The maximum atomic E-state index is 5.79. The fourth-order valence-electron chi connectivity index (χ4n) is 2.70. The third kappa shape index (κ3) is 3.65. The van der Waals surface area contributed by atoms with E-state index in [-0.39, 0.29) is 12.1 Å². The maximum Gasteiger partial charge on any atom is 0.137 e. The molecular weight excluding hydrogens is 298 g/mol. The Balaban J connectivity index is 1.87. The average Bonchev–Trinajstić information content (AvgIpc) is 2.55. The van der Waals surface area contributed by atoms with E-state index in [2.05, 4.69) is 53.4 Å². The summed E-state index contributed by atoms with van der Waals surface area (Å²) >= 11 is 0. The van der Waals surface area contributed by atoms with Crippen LogP contribution in [0.3, 0.4) is 0 Å². The highest BCUT2D eigenvalue weighted by molar-refractivity contribution is 5.89. The number of hydrogen-bond donors (Lipinski definition) is 1. The Morgan fingerprint density at radius 1 is 1.00 bits per heavy atom. The number of nitrogens with one attached hydrogen (secondary N) is 1. The minimum atomic E-state index is 0.110. The van der Waals surface area contributed by atoms with Gasteiger partial charge in [0.05, 0.1) is 17.7 Å². The molecule has 0 amide bonds. The zero-order chi connectivity index (χ0) is 17.1. The summed E-state index contributed by atoms with van der Waals surface area (Å²) < 4.78 is 5.79. The summed E-state index contributed by atoms with van der Waals surface area (Å²) in [4.78, 5) is 8.77. The van der Waals surface area contributed by atoms with Gasteiger partial charge in [-0.05, 0) is 57.5 Å². The van der Waals surface area contributed by atoms with E-state index in [4.69, 9.17) is 4.74 Å². The summed E-state index contributed by atoms with van der Waals surface area (Å²) in [6, 6.07) is 14.5. The van der Waals surface area contributed by atoms with Crippen LogP contribution in [0, 0.1) is 6.92 Å². The highest BCUT2D eigenvalue weighted by Gasteiger charge is 2.11. The van der Waals surface area contributed by atoms with Crippen molar-refractivity contribution in [2.24, 2.45) is 0 Å². The van der Waals surface area contributed by atoms with Crippen molar-refractivity contribution in [1.82, 2.24) is 9.97 Å². The van der Waals surface area contributed by atoms with Gasteiger partial charge >= 0.3 is 0 Å². The van der Waals surface area contributed by atoms with Crippen LogP contribution < -0.4 is 10.1 Å². The van der Waals surface area contributed by atoms with Crippen molar-refractivity contribution in [3.05, 3.63) is 59.9 Å². The molecule has 2 aromatic carbocycles. The molecule has 4 nitrogen and oxygen atoms in total. The van der Waals surface area contributed by atoms with E-state index in [1.807, 2.05) is 32.0 Å². The van der Waals surface area contributed by atoms with E-state index in [9.17, 15) is 0 Å². The minimum Gasteiger partial charge on any atom is -0.491 e. The van der Waals surface area contributed by atoms with Crippen molar-refractivity contribution < 1.29 is 4.74 Å². The first kappa shape index (κ1) is 16.2. The quantitative estimate of drug-likeness (QED) is 0.726. The van der Waals surface area contributed by atoms with Gasteiger partial charge < -0.3 is 10.1 Å². The number of anilines is 1. The Hall–Kier alpha value is -2.62. The Morgan fingerprint density at radius 3 is 2.62 bits per heavy atom. The number of benzene rings is 2.